The lowest BCUT2D eigenvalue weighted by Crippen LogP contribution is -2.55. The summed E-state index contributed by atoms with van der Waals surface area (Å²) in [5.74, 6) is -1.75. The van der Waals surface area contributed by atoms with E-state index in [1.165, 1.54) is 10.5 Å². The lowest BCUT2D eigenvalue weighted by atomic mass is 9.96. The van der Waals surface area contributed by atoms with Gasteiger partial charge in [-0.3, -0.25) is 9.79 Å². The molecule has 0 radical (unpaired) electrons. The van der Waals surface area contributed by atoms with Crippen molar-refractivity contribution in [3.8, 4) is 6.07 Å². The number of carbonyl (C=O) groups is 1. The molecular formula is C30H37ClFN5O. The minimum Gasteiger partial charge on any atom is -0.368 e. The van der Waals surface area contributed by atoms with E-state index >= 15 is 0 Å². The van der Waals surface area contributed by atoms with Gasteiger partial charge in [0.2, 0.25) is 0 Å². The van der Waals surface area contributed by atoms with Crippen molar-refractivity contribution in [1.29, 1.82) is 5.26 Å². The molecule has 0 spiro atoms. The monoisotopic (exact) mass is 537 g/mol. The molecule has 0 saturated carbocycles. The van der Waals surface area contributed by atoms with Crippen LogP contribution in [0.4, 0.5) is 10.1 Å². The van der Waals surface area contributed by atoms with E-state index in [-0.39, 0.29) is 6.42 Å². The number of hydrogen-bond acceptors (Lipinski definition) is 5. The minimum absolute atomic E-state index is 0.108. The number of nitriles is 1. The largest absolute Gasteiger partial charge is 0.368 e. The summed E-state index contributed by atoms with van der Waals surface area (Å²) in [5.41, 5.74) is 7.15. The predicted octanol–water partition coefficient (Wildman–Crippen LogP) is 6.22. The van der Waals surface area contributed by atoms with Crippen LogP contribution in [0, 0.1) is 11.3 Å². The fourth-order valence-corrected chi connectivity index (χ4v) is 5.41. The number of hydrogen-bond donors (Lipinski definition) is 0. The Balaban J connectivity index is 1.94. The molecule has 1 amide bonds. The second-order valence-electron chi connectivity index (χ2n) is 9.77. The predicted molar refractivity (Wildman–Crippen MR) is 155 cm³/mol. The van der Waals surface area contributed by atoms with Gasteiger partial charge in [-0.15, -0.1) is 0 Å². The molecule has 2 heterocycles. The lowest BCUT2D eigenvalue weighted by Gasteiger charge is -2.43. The molecule has 1 fully saturated rings. The van der Waals surface area contributed by atoms with Crippen LogP contribution < -0.4 is 4.90 Å². The van der Waals surface area contributed by atoms with E-state index in [0.29, 0.717) is 26.2 Å². The third-order valence-corrected chi connectivity index (χ3v) is 7.46. The second-order valence-corrected chi connectivity index (χ2v) is 10.2. The fraction of sp³-hybridized carbons (Fsp3) is 0.433. The highest BCUT2D eigenvalue weighted by atomic mass is 35.5. The van der Waals surface area contributed by atoms with Crippen molar-refractivity contribution in [1.82, 2.24) is 9.80 Å². The molecule has 1 atom stereocenters. The van der Waals surface area contributed by atoms with Gasteiger partial charge >= 0.3 is 0 Å². The molecule has 0 aliphatic carbocycles. The molecule has 38 heavy (non-hydrogen) atoms. The molecule has 3 rings (SSSR count). The number of halogens is 2. The van der Waals surface area contributed by atoms with Crippen LogP contribution in [0.15, 0.2) is 65.2 Å². The Hall–Kier alpha value is -3.37. The van der Waals surface area contributed by atoms with Gasteiger partial charge < -0.3 is 14.7 Å². The number of benzene rings is 1. The maximum atomic E-state index is 13.6. The molecule has 8 heteroatoms. The number of allylic oxidation sites excluding steroid dienone is 2. The molecular weight excluding hydrogens is 501 g/mol. The highest BCUT2D eigenvalue weighted by Gasteiger charge is 2.34. The number of amides is 1. The summed E-state index contributed by atoms with van der Waals surface area (Å²) in [7, 11) is 0. The summed E-state index contributed by atoms with van der Waals surface area (Å²) in [6, 6.07) is 8.00. The summed E-state index contributed by atoms with van der Waals surface area (Å²) in [4.78, 5) is 23.0. The molecule has 1 saturated heterocycles. The van der Waals surface area contributed by atoms with Crippen molar-refractivity contribution in [2.45, 2.75) is 53.0 Å². The molecule has 2 aliphatic rings. The molecule has 1 aromatic rings. The molecule has 0 unspecified atom stereocenters. The second kappa shape index (κ2) is 12.9. The van der Waals surface area contributed by atoms with Crippen LogP contribution in [0.5, 0.6) is 0 Å². The third kappa shape index (κ3) is 6.36. The van der Waals surface area contributed by atoms with Gasteiger partial charge in [0.1, 0.15) is 0 Å². The van der Waals surface area contributed by atoms with E-state index in [4.69, 9.17) is 16.6 Å². The zero-order valence-corrected chi connectivity index (χ0v) is 23.6. The van der Waals surface area contributed by atoms with E-state index < -0.39 is 17.8 Å². The first-order valence-corrected chi connectivity index (χ1v) is 13.4. The molecule has 0 bridgehead atoms. The third-order valence-electron chi connectivity index (χ3n) is 7.05. The maximum Gasteiger partial charge on any atom is 0.282 e. The molecule has 6 nitrogen and oxygen atoms in total. The van der Waals surface area contributed by atoms with Crippen LogP contribution in [0.3, 0.4) is 0 Å². The molecule has 0 N–H and O–H groups in total. The van der Waals surface area contributed by atoms with Crippen LogP contribution in [0.25, 0.3) is 5.03 Å². The number of aliphatic imine (C=N–C) groups is 1. The van der Waals surface area contributed by atoms with E-state index in [2.05, 4.69) is 54.1 Å². The Labute approximate surface area is 231 Å². The highest BCUT2D eigenvalue weighted by Crippen LogP contribution is 2.37. The highest BCUT2D eigenvalue weighted by molar-refractivity contribution is 6.49. The number of aryl methyl sites for hydroxylation is 1. The number of carbonyl (C=O) groups excluding carboxylic acids is 1. The molecule has 202 valence electrons. The van der Waals surface area contributed by atoms with Crippen molar-refractivity contribution in [3.63, 3.8) is 0 Å². The molecule has 2 aliphatic heterocycles. The first-order chi connectivity index (χ1) is 18.1. The fourth-order valence-electron chi connectivity index (χ4n) is 5.19. The molecule has 1 aromatic carbocycles. The first-order valence-electron chi connectivity index (χ1n) is 13.0. The van der Waals surface area contributed by atoms with E-state index in [1.54, 1.807) is 0 Å². The van der Waals surface area contributed by atoms with Gasteiger partial charge in [-0.1, -0.05) is 49.9 Å². The average Bonchev–Trinajstić information content (AvgIpc) is 2.91. The topological polar surface area (TPSA) is 62.9 Å². The van der Waals surface area contributed by atoms with Gasteiger partial charge in [0.05, 0.1) is 30.8 Å². The summed E-state index contributed by atoms with van der Waals surface area (Å²) in [6.07, 6.45) is 3.66. The Morgan fingerprint density at radius 2 is 2.03 bits per heavy atom. The first kappa shape index (κ1) is 29.2. The van der Waals surface area contributed by atoms with Gasteiger partial charge in [-0.05, 0) is 50.8 Å². The van der Waals surface area contributed by atoms with Crippen molar-refractivity contribution in [2.24, 2.45) is 4.99 Å². The van der Waals surface area contributed by atoms with Gasteiger partial charge in [0, 0.05) is 53.9 Å². The van der Waals surface area contributed by atoms with E-state index in [1.807, 2.05) is 26.8 Å². The van der Waals surface area contributed by atoms with Gasteiger partial charge in [0.15, 0.2) is 5.83 Å². The Morgan fingerprint density at radius 1 is 1.29 bits per heavy atom. The summed E-state index contributed by atoms with van der Waals surface area (Å²) in [6.45, 7) is 18.2. The summed E-state index contributed by atoms with van der Waals surface area (Å²) < 4.78 is 13.6. The number of piperazine rings is 1. The van der Waals surface area contributed by atoms with Crippen molar-refractivity contribution in [2.75, 3.05) is 37.6 Å². The van der Waals surface area contributed by atoms with Gasteiger partial charge in [-0.2, -0.15) is 5.26 Å². The van der Waals surface area contributed by atoms with Crippen LogP contribution >= 0.6 is 11.6 Å². The quantitative estimate of drug-likeness (QED) is 0.292. The Morgan fingerprint density at radius 3 is 2.63 bits per heavy atom. The summed E-state index contributed by atoms with van der Waals surface area (Å²) >= 11 is 6.69. The zero-order valence-electron chi connectivity index (χ0n) is 22.9. The number of anilines is 1. The Bertz CT molecular complexity index is 1240. The standard InChI is InChI=1S/C30H37ClFN5O/c1-7-23-10-9-11-28(29(23)26(31)8-2)36-15-13-25(27(19-36)34-20(3)4)22(6)35-16-17-37(30(38)21(5)32)24(18-35)12-14-33/h8-11,24H,5-7,12-13,15-19H2,1-4H3/b26-8+/t24-/m0/s1. The maximum absolute atomic E-state index is 13.6. The van der Waals surface area contributed by atoms with Crippen molar-refractivity contribution < 1.29 is 9.18 Å². The number of rotatable bonds is 8. The number of nitrogens with zero attached hydrogens (tertiary/aromatic N) is 5. The summed E-state index contributed by atoms with van der Waals surface area (Å²) in [5, 5.41) is 10.1. The normalized spacial score (nSPS) is 18.3. The van der Waals surface area contributed by atoms with Crippen molar-refractivity contribution >= 4 is 33.9 Å². The lowest BCUT2D eigenvalue weighted by molar-refractivity contribution is -0.133. The smallest absolute Gasteiger partial charge is 0.282 e. The van der Waals surface area contributed by atoms with Gasteiger partial charge in [-0.25, -0.2) is 4.39 Å². The minimum atomic E-state index is -1.00. The zero-order chi connectivity index (χ0) is 28.0. The van der Waals surface area contributed by atoms with Crippen LogP contribution in [-0.4, -0.2) is 60.2 Å². The van der Waals surface area contributed by atoms with Crippen LogP contribution in [-0.2, 0) is 11.2 Å². The van der Waals surface area contributed by atoms with Crippen LogP contribution in [0.2, 0.25) is 0 Å². The van der Waals surface area contributed by atoms with Crippen LogP contribution in [0.1, 0.15) is 51.7 Å². The Kier molecular flexibility index (Phi) is 9.93. The van der Waals surface area contributed by atoms with E-state index in [9.17, 15) is 14.4 Å². The molecule has 0 aromatic heterocycles. The van der Waals surface area contributed by atoms with E-state index in [0.717, 1.165) is 58.3 Å². The van der Waals surface area contributed by atoms with Crippen molar-refractivity contribution in [3.05, 3.63) is 71.4 Å². The van der Waals surface area contributed by atoms with Gasteiger partial charge in [0.25, 0.3) is 5.91 Å². The SMILES string of the molecule is C=C(F)C(=O)N1CCN(C(=C)C2=C(N=C(C)C)CN(c3cccc(CC)c3/C(Cl)=C\C)CC2)C[C@@H]1CC#N. The average molecular weight is 538 g/mol.